The van der Waals surface area contributed by atoms with E-state index in [9.17, 15) is 0 Å². The Hall–Kier alpha value is -1.74. The maximum absolute atomic E-state index is 5.34. The molecule has 0 radical (unpaired) electrons. The molecule has 0 aliphatic heterocycles. The van der Waals surface area contributed by atoms with E-state index in [1.165, 1.54) is 16.8 Å². The largest absolute Gasteiger partial charge is 0.469 e. The van der Waals surface area contributed by atoms with Gasteiger partial charge in [0.2, 0.25) is 0 Å². The lowest BCUT2D eigenvalue weighted by Crippen LogP contribution is -2.19. The van der Waals surface area contributed by atoms with Crippen LogP contribution in [0.3, 0.4) is 0 Å². The fourth-order valence-corrected chi connectivity index (χ4v) is 2.36. The van der Waals surface area contributed by atoms with Crippen LogP contribution in [-0.4, -0.2) is 13.6 Å². The van der Waals surface area contributed by atoms with Gasteiger partial charge in [-0.3, -0.25) is 0 Å². The van der Waals surface area contributed by atoms with Crippen molar-refractivity contribution >= 4 is 5.69 Å². The van der Waals surface area contributed by atoms with Crippen molar-refractivity contribution < 1.29 is 4.42 Å². The van der Waals surface area contributed by atoms with Gasteiger partial charge in [0.05, 0.1) is 6.26 Å². The minimum atomic E-state index is 0.399. The maximum atomic E-state index is 5.34. The Morgan fingerprint density at radius 2 is 1.90 bits per heavy atom. The number of benzene rings is 1. The first-order valence-electron chi connectivity index (χ1n) is 7.19. The van der Waals surface area contributed by atoms with Gasteiger partial charge in [0.25, 0.3) is 0 Å². The first-order chi connectivity index (χ1) is 9.61. The summed E-state index contributed by atoms with van der Waals surface area (Å²) in [5, 5.41) is 3.43. The number of furan rings is 1. The fraction of sp³-hybridized carbons (Fsp3) is 0.412. The summed E-state index contributed by atoms with van der Waals surface area (Å²) in [6.45, 7) is 8.18. The third kappa shape index (κ3) is 3.42. The molecule has 2 aromatic rings. The van der Waals surface area contributed by atoms with E-state index in [0.29, 0.717) is 6.04 Å². The lowest BCUT2D eigenvalue weighted by Gasteiger charge is -2.20. The lowest BCUT2D eigenvalue weighted by atomic mass is 10.1. The first kappa shape index (κ1) is 14.7. The quantitative estimate of drug-likeness (QED) is 0.864. The van der Waals surface area contributed by atoms with Gasteiger partial charge in [-0.05, 0) is 44.2 Å². The highest BCUT2D eigenvalue weighted by Crippen LogP contribution is 2.21. The highest BCUT2D eigenvalue weighted by atomic mass is 16.3. The van der Waals surface area contributed by atoms with Crippen LogP contribution < -0.4 is 10.2 Å². The molecule has 1 unspecified atom stereocenters. The van der Waals surface area contributed by atoms with Crippen molar-refractivity contribution in [3.05, 3.63) is 53.5 Å². The maximum Gasteiger partial charge on any atom is 0.105 e. The fourth-order valence-electron chi connectivity index (χ4n) is 2.36. The summed E-state index contributed by atoms with van der Waals surface area (Å²) < 4.78 is 5.34. The minimum Gasteiger partial charge on any atom is -0.469 e. The van der Waals surface area contributed by atoms with Crippen LogP contribution in [0.25, 0.3) is 0 Å². The van der Waals surface area contributed by atoms with E-state index >= 15 is 0 Å². The summed E-state index contributed by atoms with van der Waals surface area (Å²) in [4.78, 5) is 2.24. The van der Waals surface area contributed by atoms with Crippen molar-refractivity contribution in [3.63, 3.8) is 0 Å². The van der Waals surface area contributed by atoms with Crippen LogP contribution in [0, 0.1) is 6.92 Å². The van der Waals surface area contributed by atoms with Gasteiger partial charge in [0, 0.05) is 30.9 Å². The van der Waals surface area contributed by atoms with Gasteiger partial charge >= 0.3 is 0 Å². The number of nitrogens with zero attached hydrogens (tertiary/aromatic N) is 1. The summed E-state index contributed by atoms with van der Waals surface area (Å²) in [6, 6.07) is 11.2. The summed E-state index contributed by atoms with van der Waals surface area (Å²) in [5.74, 6) is 0.995. The molecule has 0 amide bonds. The predicted molar refractivity (Wildman–Crippen MR) is 84.1 cm³/mol. The first-order valence-corrected chi connectivity index (χ1v) is 7.19. The average molecular weight is 272 g/mol. The van der Waals surface area contributed by atoms with Crippen LogP contribution in [-0.2, 0) is 6.54 Å². The molecular formula is C17H24N2O. The molecule has 0 bridgehead atoms. The van der Waals surface area contributed by atoms with Gasteiger partial charge < -0.3 is 14.6 Å². The summed E-state index contributed by atoms with van der Waals surface area (Å²) in [6.07, 6.45) is 1.75. The van der Waals surface area contributed by atoms with Crippen LogP contribution in [0.5, 0.6) is 0 Å². The van der Waals surface area contributed by atoms with E-state index < -0.39 is 0 Å². The van der Waals surface area contributed by atoms with Gasteiger partial charge in [0.1, 0.15) is 5.76 Å². The highest BCUT2D eigenvalue weighted by Gasteiger charge is 2.08. The Morgan fingerprint density at radius 1 is 1.20 bits per heavy atom. The van der Waals surface area contributed by atoms with E-state index in [4.69, 9.17) is 4.42 Å². The van der Waals surface area contributed by atoms with Crippen LogP contribution >= 0.6 is 0 Å². The molecule has 2 rings (SSSR count). The number of aryl methyl sites for hydroxylation is 1. The summed E-state index contributed by atoms with van der Waals surface area (Å²) in [7, 11) is 2.11. The third-order valence-corrected chi connectivity index (χ3v) is 3.72. The molecule has 1 aromatic heterocycles. The van der Waals surface area contributed by atoms with Crippen molar-refractivity contribution in [2.24, 2.45) is 0 Å². The Bertz CT molecular complexity index is 530. The molecule has 3 heteroatoms. The van der Waals surface area contributed by atoms with Crippen molar-refractivity contribution in [1.29, 1.82) is 0 Å². The molecule has 1 heterocycles. The average Bonchev–Trinajstić information content (AvgIpc) is 2.85. The molecule has 0 aliphatic rings. The van der Waals surface area contributed by atoms with Crippen molar-refractivity contribution in [3.8, 4) is 0 Å². The molecule has 20 heavy (non-hydrogen) atoms. The second-order valence-corrected chi connectivity index (χ2v) is 5.23. The standard InChI is InChI=1S/C17H24N2O/c1-5-18-13(2)15-6-8-17(9-7-15)19(4)12-16-10-11-20-14(16)3/h6-11,13,18H,5,12H2,1-4H3. The third-order valence-electron chi connectivity index (χ3n) is 3.72. The summed E-state index contributed by atoms with van der Waals surface area (Å²) >= 11 is 0. The zero-order valence-corrected chi connectivity index (χ0v) is 12.8. The van der Waals surface area contributed by atoms with Crippen molar-refractivity contribution in [1.82, 2.24) is 5.32 Å². The van der Waals surface area contributed by atoms with E-state index in [-0.39, 0.29) is 0 Å². The number of hydrogen-bond acceptors (Lipinski definition) is 3. The van der Waals surface area contributed by atoms with E-state index in [1.54, 1.807) is 6.26 Å². The SMILES string of the molecule is CCNC(C)c1ccc(N(C)Cc2ccoc2C)cc1. The zero-order valence-electron chi connectivity index (χ0n) is 12.8. The number of rotatable bonds is 6. The smallest absolute Gasteiger partial charge is 0.105 e. The van der Waals surface area contributed by atoms with E-state index in [0.717, 1.165) is 18.8 Å². The van der Waals surface area contributed by atoms with Crippen molar-refractivity contribution in [2.45, 2.75) is 33.4 Å². The molecule has 1 atom stereocenters. The van der Waals surface area contributed by atoms with Crippen LogP contribution in [0.1, 0.15) is 36.8 Å². The molecule has 0 aliphatic carbocycles. The van der Waals surface area contributed by atoms with Gasteiger partial charge in [-0.25, -0.2) is 0 Å². The zero-order chi connectivity index (χ0) is 14.5. The van der Waals surface area contributed by atoms with Crippen LogP contribution in [0.2, 0.25) is 0 Å². The van der Waals surface area contributed by atoms with Crippen molar-refractivity contribution in [2.75, 3.05) is 18.5 Å². The van der Waals surface area contributed by atoms with Gasteiger partial charge in [-0.1, -0.05) is 19.1 Å². The number of nitrogens with one attached hydrogen (secondary N) is 1. The Kier molecular flexibility index (Phi) is 4.85. The van der Waals surface area contributed by atoms with Crippen LogP contribution in [0.15, 0.2) is 41.0 Å². The van der Waals surface area contributed by atoms with E-state index in [2.05, 4.69) is 55.4 Å². The Morgan fingerprint density at radius 3 is 2.45 bits per heavy atom. The molecular weight excluding hydrogens is 248 g/mol. The molecule has 0 saturated heterocycles. The number of hydrogen-bond donors (Lipinski definition) is 1. The normalized spacial score (nSPS) is 12.4. The van der Waals surface area contributed by atoms with Gasteiger partial charge in [0.15, 0.2) is 0 Å². The molecule has 0 saturated carbocycles. The van der Waals surface area contributed by atoms with Gasteiger partial charge in [-0.15, -0.1) is 0 Å². The monoisotopic (exact) mass is 272 g/mol. The molecule has 1 N–H and O–H groups in total. The molecule has 0 spiro atoms. The van der Waals surface area contributed by atoms with Gasteiger partial charge in [-0.2, -0.15) is 0 Å². The molecule has 1 aromatic carbocycles. The van der Waals surface area contributed by atoms with E-state index in [1.807, 2.05) is 13.0 Å². The molecule has 3 nitrogen and oxygen atoms in total. The molecule has 0 fully saturated rings. The van der Waals surface area contributed by atoms with Crippen LogP contribution in [0.4, 0.5) is 5.69 Å². The number of anilines is 1. The Balaban J connectivity index is 2.04. The highest BCUT2D eigenvalue weighted by molar-refractivity contribution is 5.48. The summed E-state index contributed by atoms with van der Waals surface area (Å²) in [5.41, 5.74) is 3.78. The Labute approximate surface area is 121 Å². The predicted octanol–water partition coefficient (Wildman–Crippen LogP) is 3.89. The minimum absolute atomic E-state index is 0.399. The molecule has 108 valence electrons. The second-order valence-electron chi connectivity index (χ2n) is 5.23. The second kappa shape index (κ2) is 6.62. The lowest BCUT2D eigenvalue weighted by molar-refractivity contribution is 0.529. The topological polar surface area (TPSA) is 28.4 Å².